The fraction of sp³-hybridized carbons (Fsp3) is 0.429. The van der Waals surface area contributed by atoms with Gasteiger partial charge in [0, 0.05) is 23.9 Å². The second-order valence-electron chi connectivity index (χ2n) is 6.20. The molecular weight excluding hydrogens is 310 g/mol. The molecule has 1 aromatic heterocycles. The first-order valence-corrected chi connectivity index (χ1v) is 9.18. The minimum atomic E-state index is 0.473. The third-order valence-corrected chi connectivity index (χ3v) is 4.28. The number of nitrogens with zero attached hydrogens (tertiary/aromatic N) is 1. The van der Waals surface area contributed by atoms with Crippen molar-refractivity contribution in [3.63, 3.8) is 0 Å². The zero-order valence-electron chi connectivity index (χ0n) is 15.3. The van der Waals surface area contributed by atoms with E-state index in [1.807, 2.05) is 36.4 Å². The van der Waals surface area contributed by atoms with Crippen molar-refractivity contribution in [3.8, 4) is 5.75 Å². The Morgan fingerprint density at radius 3 is 2.48 bits per heavy atom. The van der Waals surface area contributed by atoms with Crippen molar-refractivity contribution < 1.29 is 4.74 Å². The molecule has 0 atom stereocenters. The average Bonchev–Trinajstić information content (AvgIpc) is 2.67. The first-order valence-electron chi connectivity index (χ1n) is 9.18. The van der Waals surface area contributed by atoms with E-state index in [1.165, 1.54) is 32.1 Å². The van der Waals surface area contributed by atoms with Crippen molar-refractivity contribution in [1.29, 1.82) is 5.41 Å². The largest absolute Gasteiger partial charge is 0.497 e. The number of methoxy groups -OCH3 is 1. The number of nitrogens with one attached hydrogen (secondary N) is 2. The van der Waals surface area contributed by atoms with Crippen molar-refractivity contribution in [3.05, 3.63) is 53.7 Å². The van der Waals surface area contributed by atoms with Crippen LogP contribution >= 0.6 is 0 Å². The monoisotopic (exact) mass is 339 g/mol. The van der Waals surface area contributed by atoms with Gasteiger partial charge in [-0.15, -0.1) is 0 Å². The molecule has 0 aliphatic carbocycles. The number of hydrogen-bond donors (Lipinski definition) is 2. The van der Waals surface area contributed by atoms with Crippen molar-refractivity contribution in [1.82, 2.24) is 4.98 Å². The third-order valence-electron chi connectivity index (χ3n) is 4.28. The maximum Gasteiger partial charge on any atom is 0.135 e. The summed E-state index contributed by atoms with van der Waals surface area (Å²) in [5, 5.41) is 11.9. The van der Waals surface area contributed by atoms with Crippen molar-refractivity contribution >= 4 is 11.5 Å². The normalized spacial score (nSPS) is 10.5. The molecule has 0 saturated carbocycles. The Kier molecular flexibility index (Phi) is 7.96. The van der Waals surface area contributed by atoms with Gasteiger partial charge in [-0.25, -0.2) is 4.98 Å². The highest BCUT2D eigenvalue weighted by atomic mass is 16.5. The molecule has 0 fully saturated rings. The lowest BCUT2D eigenvalue weighted by molar-refractivity contribution is 0.415. The number of ether oxygens (including phenoxy) is 1. The van der Waals surface area contributed by atoms with Gasteiger partial charge in [0.2, 0.25) is 0 Å². The lowest BCUT2D eigenvalue weighted by atomic mass is 10.0. The molecule has 0 aliphatic rings. The predicted molar refractivity (Wildman–Crippen MR) is 105 cm³/mol. The number of benzene rings is 1. The van der Waals surface area contributed by atoms with E-state index in [-0.39, 0.29) is 0 Å². The van der Waals surface area contributed by atoms with E-state index in [4.69, 9.17) is 10.1 Å². The molecule has 0 saturated heterocycles. The van der Waals surface area contributed by atoms with E-state index in [0.29, 0.717) is 5.71 Å². The molecule has 0 amide bonds. The number of pyridine rings is 1. The van der Waals surface area contributed by atoms with Gasteiger partial charge in [0.25, 0.3) is 0 Å². The van der Waals surface area contributed by atoms with E-state index in [1.54, 1.807) is 13.3 Å². The molecule has 1 heterocycles. The topological polar surface area (TPSA) is 58.0 Å². The Morgan fingerprint density at radius 2 is 1.76 bits per heavy atom. The zero-order chi connectivity index (χ0) is 17.9. The van der Waals surface area contributed by atoms with Crippen LogP contribution in [0.15, 0.2) is 42.6 Å². The summed E-state index contributed by atoms with van der Waals surface area (Å²) in [6.07, 6.45) is 9.38. The molecule has 0 radical (unpaired) electrons. The molecular formula is C21H29N3O. The van der Waals surface area contributed by atoms with Crippen LogP contribution in [-0.2, 0) is 0 Å². The number of rotatable bonds is 11. The smallest absolute Gasteiger partial charge is 0.135 e. The molecule has 0 spiro atoms. The standard InChI is InChI=1S/C21H29N3O/c1-3-4-5-6-7-8-15-23-21-19(10-9-16-24-21)20(22)17-11-13-18(25-2)14-12-17/h9-14,16,22H,3-8,15H2,1-2H3,(H,23,24). The predicted octanol–water partition coefficient (Wildman–Crippen LogP) is 5.28. The van der Waals surface area contributed by atoms with Crippen molar-refractivity contribution in [2.24, 2.45) is 0 Å². The van der Waals surface area contributed by atoms with Crippen LogP contribution in [0, 0.1) is 5.41 Å². The number of aromatic nitrogens is 1. The molecule has 0 aliphatic heterocycles. The van der Waals surface area contributed by atoms with Gasteiger partial charge in [-0.2, -0.15) is 0 Å². The van der Waals surface area contributed by atoms with Gasteiger partial charge < -0.3 is 10.1 Å². The summed E-state index contributed by atoms with van der Waals surface area (Å²) in [7, 11) is 1.64. The first-order chi connectivity index (χ1) is 12.3. The third kappa shape index (κ3) is 5.89. The molecule has 0 unspecified atom stereocenters. The summed E-state index contributed by atoms with van der Waals surface area (Å²) in [5.74, 6) is 1.58. The number of unbranched alkanes of at least 4 members (excludes halogenated alkanes) is 5. The molecule has 134 valence electrons. The Balaban J connectivity index is 1.93. The van der Waals surface area contributed by atoms with Crippen LogP contribution in [0.5, 0.6) is 5.75 Å². The fourth-order valence-corrected chi connectivity index (χ4v) is 2.77. The van der Waals surface area contributed by atoms with E-state index >= 15 is 0 Å². The molecule has 2 rings (SSSR count). The molecule has 25 heavy (non-hydrogen) atoms. The molecule has 1 aromatic carbocycles. The van der Waals surface area contributed by atoms with Crippen molar-refractivity contribution in [2.45, 2.75) is 45.4 Å². The van der Waals surface area contributed by atoms with Crippen LogP contribution in [0.2, 0.25) is 0 Å². The van der Waals surface area contributed by atoms with Gasteiger partial charge in [-0.1, -0.05) is 39.0 Å². The quantitative estimate of drug-likeness (QED) is 0.432. The summed E-state index contributed by atoms with van der Waals surface area (Å²) < 4.78 is 5.18. The Bertz CT molecular complexity index is 652. The lowest BCUT2D eigenvalue weighted by Crippen LogP contribution is -2.10. The molecule has 2 N–H and O–H groups in total. The fourth-order valence-electron chi connectivity index (χ4n) is 2.77. The number of hydrogen-bond acceptors (Lipinski definition) is 4. The second kappa shape index (κ2) is 10.5. The van der Waals surface area contributed by atoms with Gasteiger partial charge in [-0.05, 0) is 42.8 Å². The zero-order valence-corrected chi connectivity index (χ0v) is 15.3. The van der Waals surface area contributed by atoms with E-state index in [0.717, 1.165) is 35.7 Å². The SMILES string of the molecule is CCCCCCCCNc1ncccc1C(=N)c1ccc(OC)cc1. The average molecular weight is 339 g/mol. The molecule has 4 heteroatoms. The highest BCUT2D eigenvalue weighted by Crippen LogP contribution is 2.19. The summed E-state index contributed by atoms with van der Waals surface area (Å²) in [5.41, 5.74) is 2.16. The Hall–Kier alpha value is -2.36. The van der Waals surface area contributed by atoms with Crippen LogP contribution in [0.3, 0.4) is 0 Å². The summed E-state index contributed by atoms with van der Waals surface area (Å²) in [6.45, 7) is 3.13. The van der Waals surface area contributed by atoms with Crippen molar-refractivity contribution in [2.75, 3.05) is 19.0 Å². The van der Waals surface area contributed by atoms with E-state index < -0.39 is 0 Å². The van der Waals surface area contributed by atoms with Crippen LogP contribution < -0.4 is 10.1 Å². The second-order valence-corrected chi connectivity index (χ2v) is 6.20. The first kappa shape index (κ1) is 19.0. The summed E-state index contributed by atoms with van der Waals surface area (Å²) in [4.78, 5) is 4.43. The van der Waals surface area contributed by atoms with Gasteiger partial charge in [-0.3, -0.25) is 5.41 Å². The Labute approximate surface area is 151 Å². The molecule has 2 aromatic rings. The van der Waals surface area contributed by atoms with Gasteiger partial charge in [0.15, 0.2) is 0 Å². The highest BCUT2D eigenvalue weighted by molar-refractivity contribution is 6.13. The highest BCUT2D eigenvalue weighted by Gasteiger charge is 2.10. The summed E-state index contributed by atoms with van der Waals surface area (Å²) in [6, 6.07) is 11.4. The van der Waals surface area contributed by atoms with Crippen LogP contribution in [-0.4, -0.2) is 24.4 Å². The minimum absolute atomic E-state index is 0.473. The van der Waals surface area contributed by atoms with Crippen LogP contribution in [0.25, 0.3) is 0 Å². The lowest BCUT2D eigenvalue weighted by Gasteiger charge is -2.12. The molecule has 0 bridgehead atoms. The Morgan fingerprint density at radius 1 is 1.04 bits per heavy atom. The van der Waals surface area contributed by atoms with Crippen LogP contribution in [0.4, 0.5) is 5.82 Å². The van der Waals surface area contributed by atoms with Crippen LogP contribution in [0.1, 0.15) is 56.6 Å². The minimum Gasteiger partial charge on any atom is -0.497 e. The maximum atomic E-state index is 8.51. The van der Waals surface area contributed by atoms with E-state index in [9.17, 15) is 0 Å². The molecule has 4 nitrogen and oxygen atoms in total. The van der Waals surface area contributed by atoms with E-state index in [2.05, 4.69) is 17.2 Å². The maximum absolute atomic E-state index is 8.51. The number of anilines is 1. The van der Waals surface area contributed by atoms with Gasteiger partial charge in [0.05, 0.1) is 12.8 Å². The van der Waals surface area contributed by atoms with Gasteiger partial charge in [0.1, 0.15) is 11.6 Å². The van der Waals surface area contributed by atoms with Gasteiger partial charge >= 0.3 is 0 Å². The summed E-state index contributed by atoms with van der Waals surface area (Å²) >= 11 is 0.